The van der Waals surface area contributed by atoms with Crippen LogP contribution in [-0.4, -0.2) is 20.2 Å². The van der Waals surface area contributed by atoms with Gasteiger partial charge in [-0.2, -0.15) is 0 Å². The average molecular weight is 241 g/mol. The third kappa shape index (κ3) is 2.94. The minimum absolute atomic E-state index is 0.124. The van der Waals surface area contributed by atoms with E-state index in [9.17, 15) is 9.18 Å². The SMILES string of the molecule is COC(=O)CC(C)(N)c1c(F)cccc1OC. The number of rotatable bonds is 4. The summed E-state index contributed by atoms with van der Waals surface area (Å²) in [6, 6.07) is 4.40. The summed E-state index contributed by atoms with van der Waals surface area (Å²) in [5, 5.41) is 0. The Morgan fingerprint density at radius 2 is 2.12 bits per heavy atom. The molecular weight excluding hydrogens is 225 g/mol. The fourth-order valence-electron chi connectivity index (χ4n) is 1.69. The van der Waals surface area contributed by atoms with Crippen LogP contribution < -0.4 is 10.5 Å². The summed E-state index contributed by atoms with van der Waals surface area (Å²) in [5.41, 5.74) is 4.97. The van der Waals surface area contributed by atoms with Gasteiger partial charge in [0.15, 0.2) is 0 Å². The van der Waals surface area contributed by atoms with Crippen molar-refractivity contribution in [3.8, 4) is 5.75 Å². The number of hydrogen-bond donors (Lipinski definition) is 1. The van der Waals surface area contributed by atoms with Crippen LogP contribution in [0.2, 0.25) is 0 Å². The smallest absolute Gasteiger partial charge is 0.307 e. The number of benzene rings is 1. The zero-order valence-electron chi connectivity index (χ0n) is 10.1. The van der Waals surface area contributed by atoms with E-state index in [1.54, 1.807) is 13.0 Å². The van der Waals surface area contributed by atoms with Crippen molar-refractivity contribution in [2.24, 2.45) is 5.73 Å². The Morgan fingerprint density at radius 3 is 2.65 bits per heavy atom. The van der Waals surface area contributed by atoms with E-state index in [4.69, 9.17) is 10.5 Å². The van der Waals surface area contributed by atoms with Gasteiger partial charge in [-0.3, -0.25) is 4.79 Å². The summed E-state index contributed by atoms with van der Waals surface area (Å²) in [5.74, 6) is -0.683. The maximum Gasteiger partial charge on any atom is 0.307 e. The Kier molecular flexibility index (Phi) is 4.07. The summed E-state index contributed by atoms with van der Waals surface area (Å²) in [4.78, 5) is 11.2. The molecule has 4 nitrogen and oxygen atoms in total. The first-order valence-electron chi connectivity index (χ1n) is 5.11. The predicted molar refractivity (Wildman–Crippen MR) is 61.1 cm³/mol. The number of hydrogen-bond acceptors (Lipinski definition) is 4. The molecule has 1 aromatic rings. The average Bonchev–Trinajstić information content (AvgIpc) is 2.27. The first kappa shape index (κ1) is 13.4. The summed E-state index contributed by atoms with van der Waals surface area (Å²) >= 11 is 0. The highest BCUT2D eigenvalue weighted by Crippen LogP contribution is 2.32. The van der Waals surface area contributed by atoms with Gasteiger partial charge in [-0.05, 0) is 19.1 Å². The fourth-order valence-corrected chi connectivity index (χ4v) is 1.69. The Hall–Kier alpha value is -1.62. The first-order chi connectivity index (χ1) is 7.92. The number of halogens is 1. The molecule has 1 atom stereocenters. The van der Waals surface area contributed by atoms with Crippen molar-refractivity contribution >= 4 is 5.97 Å². The Morgan fingerprint density at radius 1 is 1.47 bits per heavy atom. The molecule has 0 spiro atoms. The highest BCUT2D eigenvalue weighted by Gasteiger charge is 2.31. The zero-order valence-corrected chi connectivity index (χ0v) is 10.1. The molecule has 1 aromatic carbocycles. The predicted octanol–water partition coefficient (Wildman–Crippen LogP) is 1.57. The topological polar surface area (TPSA) is 61.5 Å². The van der Waals surface area contributed by atoms with Gasteiger partial charge >= 0.3 is 5.97 Å². The molecule has 0 aliphatic heterocycles. The quantitative estimate of drug-likeness (QED) is 0.813. The number of nitrogens with two attached hydrogens (primary N) is 1. The first-order valence-corrected chi connectivity index (χ1v) is 5.11. The lowest BCUT2D eigenvalue weighted by Crippen LogP contribution is -2.37. The number of carbonyl (C=O) groups is 1. The van der Waals surface area contributed by atoms with Crippen molar-refractivity contribution in [2.75, 3.05) is 14.2 Å². The molecule has 94 valence electrons. The molecular formula is C12H16FNO3. The Labute approximate surface area is 99.5 Å². The number of methoxy groups -OCH3 is 2. The third-order valence-corrected chi connectivity index (χ3v) is 2.51. The highest BCUT2D eigenvalue weighted by atomic mass is 19.1. The second-order valence-electron chi connectivity index (χ2n) is 3.99. The van der Waals surface area contributed by atoms with Gasteiger partial charge in [0.2, 0.25) is 0 Å². The third-order valence-electron chi connectivity index (χ3n) is 2.51. The summed E-state index contributed by atoms with van der Waals surface area (Å²) in [7, 11) is 2.68. The molecule has 0 saturated heterocycles. The maximum atomic E-state index is 13.8. The van der Waals surface area contributed by atoms with E-state index in [0.717, 1.165) is 0 Å². The van der Waals surface area contributed by atoms with Gasteiger partial charge in [0.05, 0.1) is 26.2 Å². The van der Waals surface area contributed by atoms with E-state index >= 15 is 0 Å². The monoisotopic (exact) mass is 241 g/mol. The normalized spacial score (nSPS) is 13.9. The van der Waals surface area contributed by atoms with Crippen LogP contribution >= 0.6 is 0 Å². The molecule has 17 heavy (non-hydrogen) atoms. The molecule has 0 aromatic heterocycles. The van der Waals surface area contributed by atoms with Crippen molar-refractivity contribution in [3.05, 3.63) is 29.6 Å². The second-order valence-corrected chi connectivity index (χ2v) is 3.99. The van der Waals surface area contributed by atoms with E-state index in [2.05, 4.69) is 4.74 Å². The van der Waals surface area contributed by atoms with Crippen LogP contribution in [0.25, 0.3) is 0 Å². The van der Waals surface area contributed by atoms with Crippen molar-refractivity contribution in [1.29, 1.82) is 0 Å². The van der Waals surface area contributed by atoms with Gasteiger partial charge in [0.25, 0.3) is 0 Å². The van der Waals surface area contributed by atoms with E-state index in [1.807, 2.05) is 0 Å². The van der Waals surface area contributed by atoms with Crippen LogP contribution in [0.1, 0.15) is 18.9 Å². The van der Waals surface area contributed by atoms with Crippen molar-refractivity contribution in [1.82, 2.24) is 0 Å². The zero-order chi connectivity index (χ0) is 13.1. The van der Waals surface area contributed by atoms with Crippen molar-refractivity contribution in [2.45, 2.75) is 18.9 Å². The van der Waals surface area contributed by atoms with E-state index in [0.29, 0.717) is 5.75 Å². The molecule has 0 saturated carbocycles. The van der Waals surface area contributed by atoms with E-state index < -0.39 is 17.3 Å². The minimum Gasteiger partial charge on any atom is -0.496 e. The number of ether oxygens (including phenoxy) is 2. The second kappa shape index (κ2) is 5.14. The van der Waals surface area contributed by atoms with Crippen LogP contribution in [0, 0.1) is 5.82 Å². The van der Waals surface area contributed by atoms with Crippen LogP contribution in [0.5, 0.6) is 5.75 Å². The lowest BCUT2D eigenvalue weighted by Gasteiger charge is -2.26. The minimum atomic E-state index is -1.18. The van der Waals surface area contributed by atoms with Gasteiger partial charge in [-0.25, -0.2) is 4.39 Å². The molecule has 0 aliphatic rings. The van der Waals surface area contributed by atoms with E-state index in [-0.39, 0.29) is 12.0 Å². The molecule has 5 heteroatoms. The lowest BCUT2D eigenvalue weighted by atomic mass is 9.88. The lowest BCUT2D eigenvalue weighted by molar-refractivity contribution is -0.142. The highest BCUT2D eigenvalue weighted by molar-refractivity contribution is 5.71. The van der Waals surface area contributed by atoms with Gasteiger partial charge in [-0.15, -0.1) is 0 Å². The van der Waals surface area contributed by atoms with Crippen LogP contribution in [-0.2, 0) is 15.1 Å². The molecule has 0 radical (unpaired) electrons. The molecule has 1 unspecified atom stereocenters. The largest absolute Gasteiger partial charge is 0.496 e. The number of esters is 1. The van der Waals surface area contributed by atoms with Crippen molar-refractivity contribution < 1.29 is 18.7 Å². The molecule has 1 rings (SSSR count). The number of carbonyl (C=O) groups excluding carboxylic acids is 1. The van der Waals surface area contributed by atoms with E-state index in [1.165, 1.54) is 26.4 Å². The van der Waals surface area contributed by atoms with Gasteiger partial charge in [0.1, 0.15) is 11.6 Å². The van der Waals surface area contributed by atoms with Crippen molar-refractivity contribution in [3.63, 3.8) is 0 Å². The molecule has 2 N–H and O–H groups in total. The molecule has 0 heterocycles. The van der Waals surface area contributed by atoms with Gasteiger partial charge in [-0.1, -0.05) is 6.07 Å². The Balaban J connectivity index is 3.17. The van der Waals surface area contributed by atoms with Crippen LogP contribution in [0.15, 0.2) is 18.2 Å². The Bertz CT molecular complexity index is 418. The molecule has 0 fully saturated rings. The maximum absolute atomic E-state index is 13.8. The summed E-state index contributed by atoms with van der Waals surface area (Å²) < 4.78 is 23.4. The molecule has 0 aliphatic carbocycles. The van der Waals surface area contributed by atoms with Crippen LogP contribution in [0.3, 0.4) is 0 Å². The van der Waals surface area contributed by atoms with Gasteiger partial charge in [0, 0.05) is 5.56 Å². The summed E-state index contributed by atoms with van der Waals surface area (Å²) in [6.45, 7) is 1.56. The fraction of sp³-hybridized carbons (Fsp3) is 0.417. The van der Waals surface area contributed by atoms with Crippen LogP contribution in [0.4, 0.5) is 4.39 Å². The standard InChI is InChI=1S/C12H16FNO3/c1-12(14,7-10(15)17-3)11-8(13)5-4-6-9(11)16-2/h4-6H,7,14H2,1-3H3. The molecule has 0 amide bonds. The molecule has 0 bridgehead atoms. The van der Waals surface area contributed by atoms with Gasteiger partial charge < -0.3 is 15.2 Å². The summed E-state index contributed by atoms with van der Waals surface area (Å²) in [6.07, 6.45) is -0.124.